The van der Waals surface area contributed by atoms with Crippen LogP contribution in [-0.2, 0) is 0 Å². The number of hydrogen-bond acceptors (Lipinski definition) is 5. The molecule has 0 bridgehead atoms. The molecule has 0 spiro atoms. The molecule has 3 N–H and O–H groups in total. The minimum Gasteiger partial charge on any atom is -0.477 e. The number of hydrogen-bond donors (Lipinski definition) is 2. The van der Waals surface area contributed by atoms with Gasteiger partial charge in [-0.05, 0) is 19.8 Å². The molecule has 1 unspecified atom stereocenters. The molecule has 1 aliphatic rings. The van der Waals surface area contributed by atoms with Gasteiger partial charge in [0, 0.05) is 12.2 Å². The van der Waals surface area contributed by atoms with Crippen LogP contribution >= 0.6 is 0 Å². The van der Waals surface area contributed by atoms with E-state index in [2.05, 4.69) is 10.1 Å². The van der Waals surface area contributed by atoms with Crippen molar-refractivity contribution in [1.82, 2.24) is 9.55 Å². The number of carboxylic acids is 1. The highest BCUT2D eigenvalue weighted by Gasteiger charge is 2.26. The van der Waals surface area contributed by atoms with Crippen molar-refractivity contribution in [2.24, 2.45) is 10.9 Å². The van der Waals surface area contributed by atoms with Crippen LogP contribution in [0.5, 0.6) is 0 Å². The van der Waals surface area contributed by atoms with Gasteiger partial charge >= 0.3 is 5.97 Å². The van der Waals surface area contributed by atoms with Gasteiger partial charge in [0.2, 0.25) is 0 Å². The summed E-state index contributed by atoms with van der Waals surface area (Å²) in [5.41, 5.74) is -0.369. The lowest BCUT2D eigenvalue weighted by molar-refractivity contribution is 0.0693. The number of rotatable bonds is 1. The molecule has 1 aliphatic heterocycles. The highest BCUT2D eigenvalue weighted by atomic mass is 16.4. The lowest BCUT2D eigenvalue weighted by atomic mass is 10.0. The van der Waals surface area contributed by atoms with Gasteiger partial charge in [-0.25, -0.2) is 9.78 Å². The van der Waals surface area contributed by atoms with Crippen LogP contribution in [0, 0.1) is 0 Å². The van der Waals surface area contributed by atoms with Gasteiger partial charge < -0.3 is 10.9 Å². The van der Waals surface area contributed by atoms with E-state index in [1.165, 1.54) is 4.57 Å². The lowest BCUT2D eigenvalue weighted by Crippen LogP contribution is -2.37. The predicted octanol–water partition coefficient (Wildman–Crippen LogP) is -0.0409. The molecular formula is C10H12N4O3. The largest absolute Gasteiger partial charge is 0.477 e. The Morgan fingerprint density at radius 3 is 3.00 bits per heavy atom. The Bertz CT molecular complexity index is 561. The summed E-state index contributed by atoms with van der Waals surface area (Å²) in [4.78, 5) is 26.8. The van der Waals surface area contributed by atoms with Crippen LogP contribution in [-0.4, -0.2) is 26.3 Å². The normalized spacial score (nSPS) is 21.2. The summed E-state index contributed by atoms with van der Waals surface area (Å²) in [6.07, 6.45) is 2.38. The monoisotopic (exact) mass is 236 g/mol. The molecule has 0 amide bonds. The Hall–Kier alpha value is -2.18. The van der Waals surface area contributed by atoms with E-state index in [9.17, 15) is 9.59 Å². The number of carbonyl (C=O) groups is 1. The van der Waals surface area contributed by atoms with E-state index in [1.807, 2.05) is 6.92 Å². The molecule has 0 saturated carbocycles. The zero-order chi connectivity index (χ0) is 12.6. The van der Waals surface area contributed by atoms with Gasteiger partial charge in [-0.3, -0.25) is 9.36 Å². The summed E-state index contributed by atoms with van der Waals surface area (Å²) in [6.45, 7) is 1.84. The first-order valence-electron chi connectivity index (χ1n) is 5.18. The first kappa shape index (κ1) is 11.3. The van der Waals surface area contributed by atoms with Crippen molar-refractivity contribution in [3.05, 3.63) is 27.9 Å². The van der Waals surface area contributed by atoms with E-state index in [0.717, 1.165) is 6.20 Å². The van der Waals surface area contributed by atoms with Crippen molar-refractivity contribution in [3.63, 3.8) is 0 Å². The van der Waals surface area contributed by atoms with Crippen molar-refractivity contribution in [2.75, 3.05) is 0 Å². The van der Waals surface area contributed by atoms with E-state index < -0.39 is 11.5 Å². The topological polar surface area (TPSA) is 111 Å². The van der Waals surface area contributed by atoms with Crippen LogP contribution in [0.1, 0.15) is 42.0 Å². The zero-order valence-corrected chi connectivity index (χ0v) is 9.25. The molecule has 2 rings (SSSR count). The van der Waals surface area contributed by atoms with Crippen LogP contribution in [0.2, 0.25) is 0 Å². The molecule has 90 valence electrons. The fourth-order valence-electron chi connectivity index (χ4n) is 1.95. The molecule has 0 aromatic carbocycles. The zero-order valence-electron chi connectivity index (χ0n) is 9.25. The first-order valence-corrected chi connectivity index (χ1v) is 5.18. The average Bonchev–Trinajstić information content (AvgIpc) is 2.29. The quantitative estimate of drug-likeness (QED) is 0.525. The number of hydrazone groups is 1. The SMILES string of the molecule is CC1CC/C(=N/N)c2ncc(C(=O)O)c(=O)n21. The van der Waals surface area contributed by atoms with Crippen molar-refractivity contribution < 1.29 is 9.90 Å². The van der Waals surface area contributed by atoms with E-state index in [0.29, 0.717) is 24.4 Å². The number of fused-ring (bicyclic) bond motifs is 1. The van der Waals surface area contributed by atoms with Crippen molar-refractivity contribution >= 4 is 11.7 Å². The maximum Gasteiger partial charge on any atom is 0.342 e. The maximum atomic E-state index is 12.0. The first-order chi connectivity index (χ1) is 8.06. The van der Waals surface area contributed by atoms with Crippen molar-refractivity contribution in [3.8, 4) is 0 Å². The highest BCUT2D eigenvalue weighted by molar-refractivity contribution is 5.98. The smallest absolute Gasteiger partial charge is 0.342 e. The molecule has 0 radical (unpaired) electrons. The molecule has 0 fully saturated rings. The molecule has 0 saturated heterocycles. The Labute approximate surface area is 96.6 Å². The number of aromatic nitrogens is 2. The molecule has 1 atom stereocenters. The molecule has 0 aliphatic carbocycles. The predicted molar refractivity (Wildman–Crippen MR) is 60.1 cm³/mol. The van der Waals surface area contributed by atoms with Gasteiger partial charge in [0.15, 0.2) is 5.82 Å². The Morgan fingerprint density at radius 2 is 2.41 bits per heavy atom. The van der Waals surface area contributed by atoms with E-state index in [1.54, 1.807) is 0 Å². The van der Waals surface area contributed by atoms with Gasteiger partial charge in [0.1, 0.15) is 11.3 Å². The van der Waals surface area contributed by atoms with Gasteiger partial charge in [0.05, 0.1) is 0 Å². The minimum atomic E-state index is -1.28. The average molecular weight is 236 g/mol. The van der Waals surface area contributed by atoms with Crippen LogP contribution in [0.3, 0.4) is 0 Å². The molecule has 2 heterocycles. The summed E-state index contributed by atoms with van der Waals surface area (Å²) in [5.74, 6) is 4.31. The minimum absolute atomic E-state index is 0.102. The van der Waals surface area contributed by atoms with Crippen molar-refractivity contribution in [1.29, 1.82) is 0 Å². The fraction of sp³-hybridized carbons (Fsp3) is 0.400. The van der Waals surface area contributed by atoms with E-state index in [4.69, 9.17) is 10.9 Å². The Morgan fingerprint density at radius 1 is 1.71 bits per heavy atom. The van der Waals surface area contributed by atoms with Crippen LogP contribution in [0.25, 0.3) is 0 Å². The Kier molecular flexibility index (Phi) is 2.66. The van der Waals surface area contributed by atoms with E-state index in [-0.39, 0.29) is 11.6 Å². The van der Waals surface area contributed by atoms with Gasteiger partial charge in [-0.15, -0.1) is 0 Å². The maximum absolute atomic E-state index is 12.0. The highest BCUT2D eigenvalue weighted by Crippen LogP contribution is 2.21. The van der Waals surface area contributed by atoms with Crippen LogP contribution in [0.15, 0.2) is 16.1 Å². The van der Waals surface area contributed by atoms with Crippen molar-refractivity contribution in [2.45, 2.75) is 25.8 Å². The van der Waals surface area contributed by atoms with Gasteiger partial charge in [-0.2, -0.15) is 5.10 Å². The van der Waals surface area contributed by atoms with Crippen LogP contribution < -0.4 is 11.4 Å². The molecule has 1 aromatic rings. The Balaban J connectivity index is 2.73. The summed E-state index contributed by atoms with van der Waals surface area (Å²) >= 11 is 0. The number of nitrogens with zero attached hydrogens (tertiary/aromatic N) is 3. The third kappa shape index (κ3) is 1.69. The number of carboxylic acid groups (broad SMARTS) is 1. The molecule has 7 heteroatoms. The summed E-state index contributed by atoms with van der Waals surface area (Å²) in [5, 5.41) is 12.5. The van der Waals surface area contributed by atoms with E-state index >= 15 is 0 Å². The van der Waals surface area contributed by atoms with Gasteiger partial charge in [0.25, 0.3) is 5.56 Å². The third-order valence-corrected chi connectivity index (χ3v) is 2.88. The fourth-order valence-corrected chi connectivity index (χ4v) is 1.95. The summed E-state index contributed by atoms with van der Waals surface area (Å²) in [7, 11) is 0. The molecule has 7 nitrogen and oxygen atoms in total. The second-order valence-corrected chi connectivity index (χ2v) is 3.94. The second-order valence-electron chi connectivity index (χ2n) is 3.94. The molecule has 17 heavy (non-hydrogen) atoms. The number of aromatic carboxylic acids is 1. The molecule has 1 aromatic heterocycles. The number of nitrogens with two attached hydrogens (primary N) is 1. The summed E-state index contributed by atoms with van der Waals surface area (Å²) in [6, 6.07) is -0.102. The van der Waals surface area contributed by atoms with Gasteiger partial charge in [-0.1, -0.05) is 0 Å². The third-order valence-electron chi connectivity index (χ3n) is 2.88. The second kappa shape index (κ2) is 4.00. The molecular weight excluding hydrogens is 224 g/mol. The summed E-state index contributed by atoms with van der Waals surface area (Å²) < 4.78 is 1.35. The lowest BCUT2D eigenvalue weighted by Gasteiger charge is -2.24. The standard InChI is InChI=1S/C10H12N4O3/c1-5-2-3-7(13-11)8-12-4-6(10(16)17)9(15)14(5)8/h4-5H,2-3,11H2,1H3,(H,16,17)/b13-7-. The van der Waals surface area contributed by atoms with Crippen LogP contribution in [0.4, 0.5) is 0 Å².